The first-order valence-electron chi connectivity index (χ1n) is 8.21. The van der Waals surface area contributed by atoms with Gasteiger partial charge in [-0.25, -0.2) is 18.6 Å². The third kappa shape index (κ3) is 10.6. The van der Waals surface area contributed by atoms with Crippen LogP contribution in [-0.4, -0.2) is 15.6 Å². The molecule has 0 unspecified atom stereocenters. The average Bonchev–Trinajstić information content (AvgIpc) is 2.60. The van der Waals surface area contributed by atoms with Gasteiger partial charge < -0.3 is 4.43 Å². The maximum atomic E-state index is 6.15. The van der Waals surface area contributed by atoms with E-state index in [0.29, 0.717) is 6.61 Å². The first-order chi connectivity index (χ1) is 11.5. The molecule has 25 heavy (non-hydrogen) atoms. The molecule has 0 aliphatic carbocycles. The maximum absolute atomic E-state index is 6.15. The largest absolute Gasteiger partial charge is 0.404 e. The predicted octanol–water partition coefficient (Wildman–Crippen LogP) is 4.56. The van der Waals surface area contributed by atoms with Crippen LogP contribution in [0.15, 0.2) is 84.0 Å². The van der Waals surface area contributed by atoms with Crippen molar-refractivity contribution in [2.75, 3.05) is 6.61 Å². The molecule has 0 saturated carbocycles. The molecule has 0 heterocycles. The van der Waals surface area contributed by atoms with E-state index in [1.165, 1.54) is 21.5 Å². The minimum Gasteiger partial charge on any atom is -0.404 e. The van der Waals surface area contributed by atoms with E-state index in [-0.39, 0.29) is 32.7 Å². The van der Waals surface area contributed by atoms with Gasteiger partial charge in [-0.3, -0.25) is 0 Å². The minimum absolute atomic E-state index is 0. The van der Waals surface area contributed by atoms with Crippen molar-refractivity contribution in [1.29, 1.82) is 0 Å². The van der Waals surface area contributed by atoms with Crippen molar-refractivity contribution in [3.8, 4) is 0 Å². The number of rotatable bonds is 5. The summed E-state index contributed by atoms with van der Waals surface area (Å²) < 4.78 is 6.15. The van der Waals surface area contributed by atoms with Crippen molar-refractivity contribution < 1.29 is 37.1 Å². The van der Waals surface area contributed by atoms with Gasteiger partial charge in [-0.2, -0.15) is 0 Å². The van der Waals surface area contributed by atoms with E-state index in [4.69, 9.17) is 4.43 Å². The molecule has 0 saturated heterocycles. The van der Waals surface area contributed by atoms with Gasteiger partial charge in [0.15, 0.2) is 0 Å². The number of allylic oxidation sites excluding steroid dienone is 3. The molecule has 2 radical (unpaired) electrons. The summed E-state index contributed by atoms with van der Waals surface area (Å²) in [5.41, 5.74) is 2.56. The van der Waals surface area contributed by atoms with Crippen molar-refractivity contribution in [2.45, 2.75) is 27.7 Å². The first-order valence-corrected chi connectivity index (χ1v) is 9.62. The molecule has 0 fully saturated rings. The van der Waals surface area contributed by atoms with Crippen molar-refractivity contribution in [2.24, 2.45) is 0 Å². The minimum atomic E-state index is -1.14. The second-order valence-corrected chi connectivity index (χ2v) is 8.04. The maximum Gasteiger partial charge on any atom is 0.283 e. The van der Waals surface area contributed by atoms with Gasteiger partial charge >= 0.3 is 0 Å². The molecule has 3 heteroatoms. The monoisotopic (exact) mass is 425 g/mol. The van der Waals surface area contributed by atoms with Gasteiger partial charge in [0.25, 0.3) is 9.04 Å². The Morgan fingerprint density at radius 2 is 1.24 bits per heavy atom. The van der Waals surface area contributed by atoms with E-state index in [9.17, 15) is 0 Å². The average molecular weight is 425 g/mol. The summed E-state index contributed by atoms with van der Waals surface area (Å²) in [7, 11) is -1.14. The Kier molecular flexibility index (Phi) is 13.7. The molecular weight excluding hydrogens is 397 g/mol. The Morgan fingerprint density at radius 3 is 1.56 bits per heavy atom. The molecule has 0 atom stereocenters. The number of benzene rings is 2. The third-order valence-electron chi connectivity index (χ3n) is 3.20. The summed E-state index contributed by atoms with van der Waals surface area (Å²) in [6.07, 6.45) is 3.97. The fraction of sp³-hybridized carbons (Fsp3) is 0.227. The van der Waals surface area contributed by atoms with Crippen LogP contribution in [0.4, 0.5) is 0 Å². The fourth-order valence-corrected chi connectivity index (χ4v) is 3.71. The fourth-order valence-electron chi connectivity index (χ4n) is 1.80. The summed E-state index contributed by atoms with van der Waals surface area (Å²) in [5.74, 6) is 0. The second kappa shape index (κ2) is 14.3. The molecule has 2 rings (SSSR count). The Labute approximate surface area is 180 Å². The van der Waals surface area contributed by atoms with Gasteiger partial charge in [0.2, 0.25) is 0 Å². The van der Waals surface area contributed by atoms with Gasteiger partial charge in [0, 0.05) is 32.7 Å². The van der Waals surface area contributed by atoms with E-state index in [0.717, 1.165) is 0 Å². The zero-order valence-corrected chi connectivity index (χ0v) is 19.7. The summed E-state index contributed by atoms with van der Waals surface area (Å²) in [6.45, 7) is 12.4. The van der Waals surface area contributed by atoms with Gasteiger partial charge in [-0.1, -0.05) is 72.3 Å². The number of hydrogen-bond donors (Lipinski definition) is 0. The molecular formula is C22H28OSiY-. The van der Waals surface area contributed by atoms with Gasteiger partial charge in [0.05, 0.1) is 6.61 Å². The Hall–Kier alpha value is -0.929. The van der Waals surface area contributed by atoms with E-state index in [1.54, 1.807) is 0 Å². The van der Waals surface area contributed by atoms with Crippen LogP contribution in [-0.2, 0) is 37.1 Å². The molecule has 130 valence electrons. The van der Waals surface area contributed by atoms with Crippen molar-refractivity contribution in [3.05, 3.63) is 90.9 Å². The van der Waals surface area contributed by atoms with Gasteiger partial charge in [0.1, 0.15) is 0 Å². The molecule has 0 bridgehead atoms. The van der Waals surface area contributed by atoms with E-state index in [2.05, 4.69) is 75.4 Å². The van der Waals surface area contributed by atoms with Crippen LogP contribution in [0.2, 0.25) is 0 Å². The summed E-state index contributed by atoms with van der Waals surface area (Å²) in [5, 5.41) is 2.58. The van der Waals surface area contributed by atoms with Crippen LogP contribution >= 0.6 is 0 Å². The smallest absolute Gasteiger partial charge is 0.283 e. The summed E-state index contributed by atoms with van der Waals surface area (Å²) in [4.78, 5) is 0. The molecule has 0 aliphatic rings. The van der Waals surface area contributed by atoms with Crippen LogP contribution in [0.3, 0.4) is 0 Å². The quantitative estimate of drug-likeness (QED) is 0.388. The molecule has 1 nitrogen and oxygen atoms in total. The van der Waals surface area contributed by atoms with Crippen LogP contribution in [0, 0.1) is 6.92 Å². The topological polar surface area (TPSA) is 9.23 Å². The van der Waals surface area contributed by atoms with Crippen molar-refractivity contribution >= 4 is 19.4 Å². The molecule has 0 aliphatic heterocycles. The van der Waals surface area contributed by atoms with Gasteiger partial charge in [-0.15, -0.1) is 13.8 Å². The Bertz CT molecular complexity index is 588. The van der Waals surface area contributed by atoms with Crippen molar-refractivity contribution in [3.63, 3.8) is 0 Å². The van der Waals surface area contributed by atoms with Gasteiger partial charge in [-0.05, 0) is 24.2 Å². The second-order valence-electron chi connectivity index (χ2n) is 5.94. The zero-order chi connectivity index (χ0) is 17.8. The predicted molar refractivity (Wildman–Crippen MR) is 108 cm³/mol. The molecule has 2 aromatic carbocycles. The zero-order valence-electron chi connectivity index (χ0n) is 15.8. The van der Waals surface area contributed by atoms with Crippen LogP contribution in [0.1, 0.15) is 27.7 Å². The van der Waals surface area contributed by atoms with E-state index in [1.807, 2.05) is 32.1 Å². The SMILES string of the molecule is CC(C)=CCO[Si](c1ccccc1)c1ccccc1.[CH2-]C=C(C)C.[Y]. The van der Waals surface area contributed by atoms with Crippen LogP contribution in [0.25, 0.3) is 0 Å². The third-order valence-corrected chi connectivity index (χ3v) is 5.37. The molecule has 0 amide bonds. The number of hydrogen-bond acceptors (Lipinski definition) is 1. The van der Waals surface area contributed by atoms with E-state index >= 15 is 0 Å². The van der Waals surface area contributed by atoms with E-state index < -0.39 is 9.04 Å². The summed E-state index contributed by atoms with van der Waals surface area (Å²) >= 11 is 0. The molecule has 0 aromatic heterocycles. The molecule has 2 aromatic rings. The Morgan fingerprint density at radius 1 is 0.840 bits per heavy atom. The normalized spacial score (nSPS) is 9.32. The molecule has 0 N–H and O–H groups in total. The molecule has 0 spiro atoms. The van der Waals surface area contributed by atoms with Crippen LogP contribution in [0.5, 0.6) is 0 Å². The first kappa shape index (κ1) is 24.1. The summed E-state index contributed by atoms with van der Waals surface area (Å²) in [6, 6.07) is 21.0. The Balaban J connectivity index is 0.000000848. The van der Waals surface area contributed by atoms with Crippen molar-refractivity contribution in [1.82, 2.24) is 0 Å². The standard InChI is InChI=1S/C17H19OSi.C5H9.Y/c1-15(2)13-14-18-19(16-9-5-3-6-10-16)17-11-7-4-8-12-17;1-4-5(2)3;/h3-13H,14H2,1-2H3;4H,1H2,2-3H3;/q;-1;. The van der Waals surface area contributed by atoms with Crippen LogP contribution < -0.4 is 10.4 Å².